The summed E-state index contributed by atoms with van der Waals surface area (Å²) in [5.41, 5.74) is 5.70. The number of aryl methyl sites for hydroxylation is 1. The van der Waals surface area contributed by atoms with E-state index in [0.29, 0.717) is 11.8 Å². The van der Waals surface area contributed by atoms with Gasteiger partial charge in [0.2, 0.25) is 0 Å². The molecule has 96 valence electrons. The van der Waals surface area contributed by atoms with Crippen molar-refractivity contribution >= 4 is 11.6 Å². The fourth-order valence-electron chi connectivity index (χ4n) is 2.12. The normalized spacial score (nSPS) is 11.2. The maximum atomic E-state index is 5.95. The molecular formula is C15H19ClN2. The van der Waals surface area contributed by atoms with Crippen molar-refractivity contribution in [2.24, 2.45) is 0 Å². The van der Waals surface area contributed by atoms with Crippen molar-refractivity contribution in [1.82, 2.24) is 9.78 Å². The highest BCUT2D eigenvalue weighted by atomic mass is 35.5. The van der Waals surface area contributed by atoms with Crippen LogP contribution >= 0.6 is 11.6 Å². The Balaban J connectivity index is 2.43. The maximum Gasteiger partial charge on any atom is 0.0649 e. The second-order valence-corrected chi connectivity index (χ2v) is 5.21. The Morgan fingerprint density at radius 1 is 1.17 bits per heavy atom. The summed E-state index contributed by atoms with van der Waals surface area (Å²) in [6.45, 7) is 8.46. The van der Waals surface area contributed by atoms with Gasteiger partial charge in [-0.25, -0.2) is 4.68 Å². The van der Waals surface area contributed by atoms with Gasteiger partial charge in [-0.3, -0.25) is 0 Å². The smallest absolute Gasteiger partial charge is 0.0649 e. The second-order valence-electron chi connectivity index (χ2n) is 4.94. The molecule has 1 heterocycles. The van der Waals surface area contributed by atoms with Crippen molar-refractivity contribution in [3.05, 3.63) is 46.8 Å². The lowest BCUT2D eigenvalue weighted by Crippen LogP contribution is -2.00. The van der Waals surface area contributed by atoms with E-state index in [9.17, 15) is 0 Å². The van der Waals surface area contributed by atoms with E-state index in [-0.39, 0.29) is 0 Å². The Morgan fingerprint density at radius 2 is 1.78 bits per heavy atom. The predicted octanol–water partition coefficient (Wildman–Crippen LogP) is 4.35. The van der Waals surface area contributed by atoms with Gasteiger partial charge in [0, 0.05) is 11.3 Å². The highest BCUT2D eigenvalue weighted by molar-refractivity contribution is 6.17. The molecule has 0 atom stereocenters. The summed E-state index contributed by atoms with van der Waals surface area (Å²) < 4.78 is 1.97. The monoisotopic (exact) mass is 262 g/mol. The molecule has 18 heavy (non-hydrogen) atoms. The first-order valence-corrected chi connectivity index (χ1v) is 6.79. The predicted molar refractivity (Wildman–Crippen MR) is 76.7 cm³/mol. The zero-order chi connectivity index (χ0) is 13.3. The molecule has 2 aromatic rings. The van der Waals surface area contributed by atoms with Crippen LogP contribution in [0.4, 0.5) is 0 Å². The topological polar surface area (TPSA) is 17.8 Å². The fraction of sp³-hybridized carbons (Fsp3) is 0.400. The third-order valence-electron chi connectivity index (χ3n) is 3.38. The molecule has 2 nitrogen and oxygen atoms in total. The van der Waals surface area contributed by atoms with Crippen molar-refractivity contribution in [2.45, 2.75) is 39.5 Å². The largest absolute Gasteiger partial charge is 0.238 e. The van der Waals surface area contributed by atoms with Gasteiger partial charge in [-0.15, -0.1) is 11.6 Å². The lowest BCUT2D eigenvalue weighted by molar-refractivity contribution is 0.826. The van der Waals surface area contributed by atoms with Crippen molar-refractivity contribution < 1.29 is 0 Å². The van der Waals surface area contributed by atoms with Gasteiger partial charge in [0.1, 0.15) is 0 Å². The van der Waals surface area contributed by atoms with Gasteiger partial charge < -0.3 is 0 Å². The molecule has 0 fully saturated rings. The first-order chi connectivity index (χ1) is 8.54. The van der Waals surface area contributed by atoms with Gasteiger partial charge in [-0.05, 0) is 37.5 Å². The minimum atomic E-state index is 0.516. The summed E-state index contributed by atoms with van der Waals surface area (Å²) in [6, 6.07) is 8.56. The Bertz CT molecular complexity index is 538. The van der Waals surface area contributed by atoms with E-state index in [1.165, 1.54) is 5.56 Å². The van der Waals surface area contributed by atoms with Gasteiger partial charge in [-0.1, -0.05) is 26.0 Å². The molecule has 0 aliphatic carbocycles. The molecule has 2 rings (SSSR count). The van der Waals surface area contributed by atoms with Crippen molar-refractivity contribution in [2.75, 3.05) is 0 Å². The quantitative estimate of drug-likeness (QED) is 0.752. The molecule has 3 heteroatoms. The standard InChI is InChI=1S/C15H19ClN2/c1-10(2)13-5-7-14(8-6-13)18-12(4)15(9-16)11(3)17-18/h5-8,10H,9H2,1-4H3. The SMILES string of the molecule is Cc1nn(-c2ccc(C(C)C)cc2)c(C)c1CCl. The Labute approximate surface area is 114 Å². The molecule has 0 amide bonds. The molecule has 0 aliphatic rings. The minimum absolute atomic E-state index is 0.516. The van der Waals surface area contributed by atoms with E-state index in [2.05, 4.69) is 50.1 Å². The van der Waals surface area contributed by atoms with Crippen molar-refractivity contribution in [3.8, 4) is 5.69 Å². The Hall–Kier alpha value is -1.28. The summed E-state index contributed by atoms with van der Waals surface area (Å²) in [7, 11) is 0. The van der Waals surface area contributed by atoms with Crippen LogP contribution in [0.1, 0.15) is 42.3 Å². The molecule has 0 spiro atoms. The van der Waals surface area contributed by atoms with Crippen LogP contribution in [0.15, 0.2) is 24.3 Å². The molecule has 1 aromatic heterocycles. The summed E-state index contributed by atoms with van der Waals surface area (Å²) in [5, 5.41) is 4.56. The Morgan fingerprint density at radius 3 is 2.22 bits per heavy atom. The molecular weight excluding hydrogens is 244 g/mol. The number of nitrogens with zero attached hydrogens (tertiary/aromatic N) is 2. The average molecular weight is 263 g/mol. The van der Waals surface area contributed by atoms with Crippen LogP contribution in [0.3, 0.4) is 0 Å². The maximum absolute atomic E-state index is 5.95. The molecule has 0 radical (unpaired) electrons. The third-order valence-corrected chi connectivity index (χ3v) is 3.65. The van der Waals surface area contributed by atoms with E-state index in [1.54, 1.807) is 0 Å². The highest BCUT2D eigenvalue weighted by Crippen LogP contribution is 2.21. The molecule has 0 unspecified atom stereocenters. The lowest BCUT2D eigenvalue weighted by Gasteiger charge is -2.08. The van der Waals surface area contributed by atoms with Crippen LogP contribution in [0.2, 0.25) is 0 Å². The van der Waals surface area contributed by atoms with Crippen molar-refractivity contribution in [1.29, 1.82) is 0 Å². The summed E-state index contributed by atoms with van der Waals surface area (Å²) in [6.07, 6.45) is 0. The number of benzene rings is 1. The number of hydrogen-bond acceptors (Lipinski definition) is 1. The number of halogens is 1. The van der Waals surface area contributed by atoms with Crippen LogP contribution in [0.5, 0.6) is 0 Å². The first kappa shape index (κ1) is 13.2. The van der Waals surface area contributed by atoms with E-state index in [4.69, 9.17) is 11.6 Å². The molecule has 0 bridgehead atoms. The number of alkyl halides is 1. The average Bonchev–Trinajstić information content (AvgIpc) is 2.64. The minimum Gasteiger partial charge on any atom is -0.238 e. The van der Waals surface area contributed by atoms with Gasteiger partial charge >= 0.3 is 0 Å². The van der Waals surface area contributed by atoms with E-state index in [0.717, 1.165) is 22.6 Å². The van der Waals surface area contributed by atoms with Gasteiger partial charge in [0.25, 0.3) is 0 Å². The molecule has 0 N–H and O–H groups in total. The zero-order valence-corrected chi connectivity index (χ0v) is 12.1. The molecule has 1 aromatic carbocycles. The summed E-state index contributed by atoms with van der Waals surface area (Å²) in [5.74, 6) is 1.07. The van der Waals surface area contributed by atoms with E-state index < -0.39 is 0 Å². The van der Waals surface area contributed by atoms with Crippen LogP contribution < -0.4 is 0 Å². The number of rotatable bonds is 3. The third kappa shape index (κ3) is 2.30. The van der Waals surface area contributed by atoms with Crippen LogP contribution in [0.25, 0.3) is 5.69 Å². The molecule has 0 saturated carbocycles. The molecule has 0 saturated heterocycles. The van der Waals surface area contributed by atoms with Crippen LogP contribution in [-0.2, 0) is 5.88 Å². The van der Waals surface area contributed by atoms with Gasteiger partial charge in [0.05, 0.1) is 17.3 Å². The fourth-order valence-corrected chi connectivity index (χ4v) is 2.51. The summed E-state index contributed by atoms with van der Waals surface area (Å²) in [4.78, 5) is 0. The first-order valence-electron chi connectivity index (χ1n) is 6.26. The molecule has 0 aliphatic heterocycles. The highest BCUT2D eigenvalue weighted by Gasteiger charge is 2.11. The van der Waals surface area contributed by atoms with Crippen LogP contribution in [0, 0.1) is 13.8 Å². The second kappa shape index (κ2) is 5.15. The number of aromatic nitrogens is 2. The van der Waals surface area contributed by atoms with Gasteiger partial charge in [-0.2, -0.15) is 5.10 Å². The lowest BCUT2D eigenvalue weighted by atomic mass is 10.0. The van der Waals surface area contributed by atoms with Crippen molar-refractivity contribution in [3.63, 3.8) is 0 Å². The number of hydrogen-bond donors (Lipinski definition) is 0. The summed E-state index contributed by atoms with van der Waals surface area (Å²) >= 11 is 5.95. The van der Waals surface area contributed by atoms with E-state index in [1.807, 2.05) is 11.6 Å². The van der Waals surface area contributed by atoms with E-state index >= 15 is 0 Å². The van der Waals surface area contributed by atoms with Crippen LogP contribution in [-0.4, -0.2) is 9.78 Å². The Kier molecular flexibility index (Phi) is 3.76. The van der Waals surface area contributed by atoms with Gasteiger partial charge in [0.15, 0.2) is 0 Å². The zero-order valence-electron chi connectivity index (χ0n) is 11.4.